The summed E-state index contributed by atoms with van der Waals surface area (Å²) < 4.78 is 0. The average Bonchev–Trinajstić information content (AvgIpc) is 2.52. The van der Waals surface area contributed by atoms with E-state index >= 15 is 0 Å². The summed E-state index contributed by atoms with van der Waals surface area (Å²) in [6.07, 6.45) is 0. The van der Waals surface area contributed by atoms with Crippen molar-refractivity contribution in [2.24, 2.45) is 5.73 Å². The van der Waals surface area contributed by atoms with Crippen LogP contribution in [-0.4, -0.2) is 25.0 Å². The molecule has 5 N–H and O–H groups in total. The van der Waals surface area contributed by atoms with Crippen molar-refractivity contribution in [3.63, 3.8) is 0 Å². The predicted octanol–water partition coefficient (Wildman–Crippen LogP) is 3.33. The topological polar surface area (TPSA) is 96.2 Å². The van der Waals surface area contributed by atoms with E-state index in [1.807, 2.05) is 0 Å². The number of amides is 3. The zero-order valence-corrected chi connectivity index (χ0v) is 14.1. The Morgan fingerprint density at radius 2 is 1.75 bits per heavy atom. The normalized spacial score (nSPS) is 10.1. The zero-order chi connectivity index (χ0) is 17.5. The fraction of sp³-hybridized carbons (Fsp3) is 0.125. The van der Waals surface area contributed by atoms with E-state index in [2.05, 4.69) is 16.0 Å². The standard InChI is InChI=1S/C16H16Cl2N4O2/c17-10-2-1-3-12(8-10)21-16(24)22-14-9-11(18)4-5-13(14)15(23)20-7-6-19/h1-5,8-9H,6-7,19H2,(H,20,23)(H2,21,22,24). The van der Waals surface area contributed by atoms with E-state index in [1.165, 1.54) is 12.1 Å². The first-order valence-corrected chi connectivity index (χ1v) is 7.86. The number of carbonyl (C=O) groups excluding carboxylic acids is 2. The molecular formula is C16H16Cl2N4O2. The number of nitrogens with one attached hydrogen (secondary N) is 3. The van der Waals surface area contributed by atoms with Crippen molar-refractivity contribution < 1.29 is 9.59 Å². The first kappa shape index (κ1) is 18.1. The van der Waals surface area contributed by atoms with Gasteiger partial charge in [-0.3, -0.25) is 4.79 Å². The van der Waals surface area contributed by atoms with E-state index in [4.69, 9.17) is 28.9 Å². The van der Waals surface area contributed by atoms with E-state index in [1.54, 1.807) is 30.3 Å². The van der Waals surface area contributed by atoms with Gasteiger partial charge in [-0.15, -0.1) is 0 Å². The lowest BCUT2D eigenvalue weighted by Gasteiger charge is -2.12. The summed E-state index contributed by atoms with van der Waals surface area (Å²) in [7, 11) is 0. The van der Waals surface area contributed by atoms with E-state index < -0.39 is 6.03 Å². The molecule has 0 unspecified atom stereocenters. The molecule has 24 heavy (non-hydrogen) atoms. The number of anilines is 2. The van der Waals surface area contributed by atoms with Crippen LogP contribution in [-0.2, 0) is 0 Å². The number of nitrogens with two attached hydrogens (primary N) is 1. The second-order valence-electron chi connectivity index (χ2n) is 4.82. The van der Waals surface area contributed by atoms with Gasteiger partial charge in [0.05, 0.1) is 11.3 Å². The Balaban J connectivity index is 2.14. The lowest BCUT2D eigenvalue weighted by molar-refractivity contribution is 0.0955. The summed E-state index contributed by atoms with van der Waals surface area (Å²) in [5.74, 6) is -0.352. The van der Waals surface area contributed by atoms with Gasteiger partial charge in [-0.1, -0.05) is 29.3 Å². The number of carbonyl (C=O) groups is 2. The lowest BCUT2D eigenvalue weighted by atomic mass is 10.1. The highest BCUT2D eigenvalue weighted by molar-refractivity contribution is 6.31. The maximum absolute atomic E-state index is 12.1. The molecule has 0 saturated heterocycles. The summed E-state index contributed by atoms with van der Waals surface area (Å²) in [6, 6.07) is 10.8. The van der Waals surface area contributed by atoms with Crippen molar-refractivity contribution in [3.05, 3.63) is 58.1 Å². The van der Waals surface area contributed by atoms with Crippen molar-refractivity contribution in [2.45, 2.75) is 0 Å². The Morgan fingerprint density at radius 1 is 1.00 bits per heavy atom. The van der Waals surface area contributed by atoms with Crippen LogP contribution < -0.4 is 21.7 Å². The highest BCUT2D eigenvalue weighted by Gasteiger charge is 2.14. The molecule has 0 heterocycles. The smallest absolute Gasteiger partial charge is 0.323 e. The number of halogens is 2. The van der Waals surface area contributed by atoms with Gasteiger partial charge in [-0.25, -0.2) is 4.79 Å². The molecule has 0 spiro atoms. The van der Waals surface area contributed by atoms with Crippen LogP contribution in [0.5, 0.6) is 0 Å². The van der Waals surface area contributed by atoms with Crippen LogP contribution in [0.3, 0.4) is 0 Å². The lowest BCUT2D eigenvalue weighted by Crippen LogP contribution is -2.30. The molecule has 8 heteroatoms. The Morgan fingerprint density at radius 3 is 2.46 bits per heavy atom. The molecule has 0 aliphatic carbocycles. The molecule has 2 aromatic carbocycles. The third-order valence-corrected chi connectivity index (χ3v) is 3.46. The van der Waals surface area contributed by atoms with Crippen molar-refractivity contribution in [1.29, 1.82) is 0 Å². The Kier molecular flexibility index (Phi) is 6.43. The van der Waals surface area contributed by atoms with Crippen LogP contribution >= 0.6 is 23.2 Å². The second-order valence-corrected chi connectivity index (χ2v) is 5.70. The van der Waals surface area contributed by atoms with Gasteiger partial charge in [-0.2, -0.15) is 0 Å². The van der Waals surface area contributed by atoms with Gasteiger partial charge in [-0.05, 0) is 36.4 Å². The highest BCUT2D eigenvalue weighted by Crippen LogP contribution is 2.22. The van der Waals surface area contributed by atoms with Crippen LogP contribution in [0.1, 0.15) is 10.4 Å². The Bertz CT molecular complexity index is 753. The fourth-order valence-electron chi connectivity index (χ4n) is 1.95. The minimum atomic E-state index is -0.521. The molecule has 2 rings (SSSR count). The summed E-state index contributed by atoms with van der Waals surface area (Å²) in [6.45, 7) is 0.646. The second kappa shape index (κ2) is 8.54. The minimum absolute atomic E-state index is 0.286. The largest absolute Gasteiger partial charge is 0.351 e. The average molecular weight is 367 g/mol. The summed E-state index contributed by atoms with van der Waals surface area (Å²) >= 11 is 11.8. The van der Waals surface area contributed by atoms with Gasteiger partial charge in [0.25, 0.3) is 5.91 Å². The van der Waals surface area contributed by atoms with E-state index in [-0.39, 0.29) is 17.2 Å². The molecule has 3 amide bonds. The van der Waals surface area contributed by atoms with Crippen LogP contribution in [0.15, 0.2) is 42.5 Å². The molecule has 0 atom stereocenters. The first-order chi connectivity index (χ1) is 11.5. The van der Waals surface area contributed by atoms with Crippen LogP contribution in [0.4, 0.5) is 16.2 Å². The molecule has 0 fully saturated rings. The number of benzene rings is 2. The monoisotopic (exact) mass is 366 g/mol. The number of rotatable bonds is 5. The molecule has 0 radical (unpaired) electrons. The maximum Gasteiger partial charge on any atom is 0.323 e. The zero-order valence-electron chi connectivity index (χ0n) is 12.6. The first-order valence-electron chi connectivity index (χ1n) is 7.11. The summed E-state index contributed by atoms with van der Waals surface area (Å²) in [5, 5.41) is 8.77. The van der Waals surface area contributed by atoms with Gasteiger partial charge in [0.15, 0.2) is 0 Å². The maximum atomic E-state index is 12.1. The Labute approximate surface area is 149 Å². The van der Waals surface area contributed by atoms with Crippen molar-refractivity contribution in [1.82, 2.24) is 5.32 Å². The molecule has 0 aliphatic rings. The number of hydrogen-bond donors (Lipinski definition) is 4. The van der Waals surface area contributed by atoms with E-state index in [9.17, 15) is 9.59 Å². The van der Waals surface area contributed by atoms with Gasteiger partial charge in [0, 0.05) is 28.8 Å². The SMILES string of the molecule is NCCNC(=O)c1ccc(Cl)cc1NC(=O)Nc1cccc(Cl)c1. The van der Waals surface area contributed by atoms with Crippen LogP contribution in [0, 0.1) is 0 Å². The summed E-state index contributed by atoms with van der Waals surface area (Å²) in [5.41, 5.74) is 6.47. The molecule has 0 aromatic heterocycles. The molecule has 0 saturated carbocycles. The van der Waals surface area contributed by atoms with Crippen LogP contribution in [0.25, 0.3) is 0 Å². The van der Waals surface area contributed by atoms with Crippen molar-refractivity contribution in [3.8, 4) is 0 Å². The molecule has 126 valence electrons. The van der Waals surface area contributed by atoms with Gasteiger partial charge < -0.3 is 21.7 Å². The fourth-order valence-corrected chi connectivity index (χ4v) is 2.31. The van der Waals surface area contributed by atoms with Crippen molar-refractivity contribution in [2.75, 3.05) is 23.7 Å². The molecule has 0 aliphatic heterocycles. The van der Waals surface area contributed by atoms with E-state index in [0.717, 1.165) is 0 Å². The quantitative estimate of drug-likeness (QED) is 0.653. The highest BCUT2D eigenvalue weighted by atomic mass is 35.5. The molecule has 6 nitrogen and oxygen atoms in total. The predicted molar refractivity (Wildman–Crippen MR) is 96.9 cm³/mol. The number of hydrogen-bond acceptors (Lipinski definition) is 3. The Hall–Kier alpha value is -2.28. The molecule has 2 aromatic rings. The van der Waals surface area contributed by atoms with Gasteiger partial charge >= 0.3 is 6.03 Å². The van der Waals surface area contributed by atoms with Gasteiger partial charge in [0.1, 0.15) is 0 Å². The third-order valence-electron chi connectivity index (χ3n) is 2.99. The summed E-state index contributed by atoms with van der Waals surface area (Å²) in [4.78, 5) is 24.3. The number of urea groups is 1. The van der Waals surface area contributed by atoms with Crippen LogP contribution in [0.2, 0.25) is 10.0 Å². The molecule has 0 bridgehead atoms. The molecular weight excluding hydrogens is 351 g/mol. The third kappa shape index (κ3) is 5.13. The van der Waals surface area contributed by atoms with Crippen molar-refractivity contribution >= 4 is 46.5 Å². The van der Waals surface area contributed by atoms with E-state index in [0.29, 0.717) is 28.8 Å². The van der Waals surface area contributed by atoms with Gasteiger partial charge in [0.2, 0.25) is 0 Å². The minimum Gasteiger partial charge on any atom is -0.351 e.